The second-order valence-corrected chi connectivity index (χ2v) is 19.6. The second-order valence-electron chi connectivity index (χ2n) is 19.6. The normalized spacial score (nSPS) is 45.8. The van der Waals surface area contributed by atoms with Crippen LogP contribution >= 0.6 is 0 Å². The Morgan fingerprint density at radius 1 is 0.787 bits per heavy atom. The second kappa shape index (κ2) is 12.0. The van der Waals surface area contributed by atoms with E-state index in [-0.39, 0.29) is 45.6 Å². The van der Waals surface area contributed by atoms with Crippen molar-refractivity contribution >= 4 is 17.8 Å². The van der Waals surface area contributed by atoms with Gasteiger partial charge in [0, 0.05) is 23.9 Å². The number of ether oxygens (including phenoxy) is 1. The number of esters is 1. The summed E-state index contributed by atoms with van der Waals surface area (Å²) in [6.45, 7) is 15.7. The summed E-state index contributed by atoms with van der Waals surface area (Å²) in [6.07, 6.45) is 17.5. The van der Waals surface area contributed by atoms with Gasteiger partial charge in [0.25, 0.3) is 0 Å². The lowest BCUT2D eigenvalue weighted by molar-refractivity contribution is -0.248. The number of carboxylic acids is 1. The van der Waals surface area contributed by atoms with E-state index in [9.17, 15) is 19.5 Å². The van der Waals surface area contributed by atoms with Gasteiger partial charge in [-0.2, -0.15) is 0 Å². The van der Waals surface area contributed by atoms with E-state index in [4.69, 9.17) is 10.5 Å². The molecule has 0 heterocycles. The average molecular weight is 655 g/mol. The molecule has 0 bridgehead atoms. The van der Waals surface area contributed by atoms with Gasteiger partial charge in [0.2, 0.25) is 5.91 Å². The Morgan fingerprint density at radius 3 is 2.17 bits per heavy atom. The van der Waals surface area contributed by atoms with E-state index < -0.39 is 11.4 Å². The molecule has 2 unspecified atom stereocenters. The molecule has 0 aromatic heterocycles. The molecule has 47 heavy (non-hydrogen) atoms. The lowest BCUT2D eigenvalue weighted by Gasteiger charge is -2.72. The van der Waals surface area contributed by atoms with Gasteiger partial charge < -0.3 is 20.9 Å². The molecule has 6 aliphatic carbocycles. The predicted molar refractivity (Wildman–Crippen MR) is 184 cm³/mol. The first kappa shape index (κ1) is 35.2. The molecule has 4 N–H and O–H groups in total. The van der Waals surface area contributed by atoms with E-state index in [0.29, 0.717) is 48.1 Å². The summed E-state index contributed by atoms with van der Waals surface area (Å²) in [4.78, 5) is 38.3. The van der Waals surface area contributed by atoms with Crippen LogP contribution in [0.1, 0.15) is 158 Å². The molecule has 7 heteroatoms. The fourth-order valence-corrected chi connectivity index (χ4v) is 13.7. The Balaban J connectivity index is 1.17. The third kappa shape index (κ3) is 5.68. The van der Waals surface area contributed by atoms with Gasteiger partial charge in [-0.3, -0.25) is 14.4 Å². The van der Waals surface area contributed by atoms with Crippen LogP contribution in [0.4, 0.5) is 0 Å². The van der Waals surface area contributed by atoms with E-state index in [1.807, 2.05) is 0 Å². The number of aliphatic carboxylic acids is 1. The maximum atomic E-state index is 13.6. The van der Waals surface area contributed by atoms with E-state index in [2.05, 4.69) is 39.9 Å². The summed E-state index contributed by atoms with van der Waals surface area (Å²) >= 11 is 0. The maximum Gasteiger partial charge on any atom is 0.309 e. The first-order chi connectivity index (χ1) is 21.9. The lowest BCUT2D eigenvalue weighted by atomic mass is 9.32. The monoisotopic (exact) mass is 654 g/mol. The summed E-state index contributed by atoms with van der Waals surface area (Å²) in [5, 5.41) is 13.0. The molecule has 266 valence electrons. The highest BCUT2D eigenvalue weighted by molar-refractivity contribution is 5.81. The van der Waals surface area contributed by atoms with Crippen LogP contribution < -0.4 is 11.1 Å². The van der Waals surface area contributed by atoms with Crippen molar-refractivity contribution in [2.45, 2.75) is 176 Å². The molecule has 0 aliphatic heterocycles. The van der Waals surface area contributed by atoms with Crippen LogP contribution in [0.2, 0.25) is 0 Å². The van der Waals surface area contributed by atoms with E-state index >= 15 is 0 Å². The topological polar surface area (TPSA) is 119 Å². The van der Waals surface area contributed by atoms with Crippen LogP contribution in [0.15, 0.2) is 0 Å². The number of carbonyl (C=O) groups is 3. The minimum Gasteiger partial charge on any atom is -0.481 e. The zero-order valence-corrected chi connectivity index (χ0v) is 30.7. The molecular formula is C40H66N2O5. The van der Waals surface area contributed by atoms with Gasteiger partial charge in [-0.05, 0) is 149 Å². The molecule has 0 aromatic carbocycles. The lowest BCUT2D eigenvalue weighted by Crippen LogP contribution is -2.66. The molecule has 0 aromatic rings. The minimum absolute atomic E-state index is 0.100. The van der Waals surface area contributed by atoms with E-state index in [1.54, 1.807) is 13.8 Å². The number of carbonyl (C=O) groups excluding carboxylic acids is 2. The molecular weight excluding hydrogens is 588 g/mol. The van der Waals surface area contributed by atoms with Gasteiger partial charge in [-0.25, -0.2) is 0 Å². The number of carboxylic acid groups (broad SMARTS) is 1. The number of amides is 1. The molecule has 0 radical (unpaired) electrons. The third-order valence-electron chi connectivity index (χ3n) is 16.6. The summed E-state index contributed by atoms with van der Waals surface area (Å²) in [7, 11) is 0. The first-order valence-corrected chi connectivity index (χ1v) is 19.4. The predicted octanol–water partition coefficient (Wildman–Crippen LogP) is 8.03. The smallest absolute Gasteiger partial charge is 0.309 e. The zero-order chi connectivity index (χ0) is 34.2. The van der Waals surface area contributed by atoms with E-state index in [1.165, 1.54) is 51.4 Å². The number of nitrogens with two attached hydrogens (primary N) is 1. The van der Waals surface area contributed by atoms with Gasteiger partial charge in [-0.15, -0.1) is 0 Å². The van der Waals surface area contributed by atoms with Crippen molar-refractivity contribution < 1.29 is 24.2 Å². The number of fused-ring (bicyclic) bond motifs is 7. The maximum absolute atomic E-state index is 13.6. The van der Waals surface area contributed by atoms with Gasteiger partial charge >= 0.3 is 11.9 Å². The number of rotatable bonds is 7. The molecule has 6 aliphatic rings. The van der Waals surface area contributed by atoms with Crippen molar-refractivity contribution in [3.8, 4) is 0 Å². The standard InChI is InChI=1S/C40H66N2O5/c1-35(2,34(45)46)24-33(44)47-31-17-19-37(5)29(36(31,3)4)16-20-39(7)30(37)15-14-27-28-9-8-18-40(28,22-21-38(27,39)6)23-32(43)42-26-12-10-25(41)11-13-26/h25-31H,8-24,41H2,1-7H3,(H,42,43)(H,45,46)/t25?,26?,27-,28-,29?,30?,31+,37+,38-,39-,40-/m1/s1. The number of hydrogen-bond acceptors (Lipinski definition) is 5. The summed E-state index contributed by atoms with van der Waals surface area (Å²) in [5.41, 5.74) is 5.72. The molecule has 9 atom stereocenters. The van der Waals surface area contributed by atoms with Crippen LogP contribution in [-0.2, 0) is 19.1 Å². The minimum atomic E-state index is -1.13. The first-order valence-electron chi connectivity index (χ1n) is 19.4. The zero-order valence-electron chi connectivity index (χ0n) is 30.7. The van der Waals surface area contributed by atoms with Crippen LogP contribution in [0.5, 0.6) is 0 Å². The Kier molecular flexibility index (Phi) is 8.99. The average Bonchev–Trinajstić information content (AvgIpc) is 3.39. The number of nitrogens with one attached hydrogen (secondary N) is 1. The van der Waals surface area contributed by atoms with Crippen molar-refractivity contribution in [3.63, 3.8) is 0 Å². The fourth-order valence-electron chi connectivity index (χ4n) is 13.7. The molecule has 0 spiro atoms. The number of hydrogen-bond donors (Lipinski definition) is 3. The van der Waals surface area contributed by atoms with Crippen LogP contribution in [-0.4, -0.2) is 41.1 Å². The van der Waals surface area contributed by atoms with Crippen LogP contribution in [0.25, 0.3) is 0 Å². The Morgan fingerprint density at radius 2 is 1.49 bits per heavy atom. The molecule has 6 rings (SSSR count). The SMILES string of the molecule is CC(C)(CC(=O)O[C@H]1CC[C@@]2(C)C(CC[C@]3(C)C2CC[C@@H]2[C@H]4CCC[C@]4(CC(=O)NC4CCC(N)CC4)CC[C@]23C)C1(C)C)C(=O)O. The highest BCUT2D eigenvalue weighted by Gasteiger charge is 2.70. The Bertz CT molecular complexity index is 1240. The van der Waals surface area contributed by atoms with Gasteiger partial charge in [0.1, 0.15) is 6.10 Å². The van der Waals surface area contributed by atoms with Crippen molar-refractivity contribution in [2.24, 2.45) is 61.9 Å². The van der Waals surface area contributed by atoms with Gasteiger partial charge in [-0.1, -0.05) is 41.0 Å². The van der Waals surface area contributed by atoms with Crippen LogP contribution in [0.3, 0.4) is 0 Å². The molecule has 6 fully saturated rings. The highest BCUT2D eigenvalue weighted by atomic mass is 16.5. The van der Waals surface area contributed by atoms with Gasteiger partial charge in [0.05, 0.1) is 11.8 Å². The van der Waals surface area contributed by atoms with Crippen LogP contribution in [0, 0.1) is 56.2 Å². The molecule has 7 nitrogen and oxygen atoms in total. The summed E-state index contributed by atoms with van der Waals surface area (Å²) in [6, 6.07) is 0.602. The fraction of sp³-hybridized carbons (Fsp3) is 0.925. The van der Waals surface area contributed by atoms with Crippen molar-refractivity contribution in [2.75, 3.05) is 0 Å². The van der Waals surface area contributed by atoms with Crippen molar-refractivity contribution in [1.29, 1.82) is 0 Å². The Labute approximate surface area is 284 Å². The summed E-state index contributed by atoms with van der Waals surface area (Å²) < 4.78 is 6.16. The highest BCUT2D eigenvalue weighted by Crippen LogP contribution is 2.77. The summed E-state index contributed by atoms with van der Waals surface area (Å²) in [5.74, 6) is 1.37. The third-order valence-corrected chi connectivity index (χ3v) is 16.6. The molecule has 1 amide bonds. The largest absolute Gasteiger partial charge is 0.481 e. The molecule has 0 saturated heterocycles. The quantitative estimate of drug-likeness (QED) is 0.239. The van der Waals surface area contributed by atoms with Crippen molar-refractivity contribution in [3.05, 3.63) is 0 Å². The molecule has 6 saturated carbocycles. The van der Waals surface area contributed by atoms with Gasteiger partial charge in [0.15, 0.2) is 0 Å². The van der Waals surface area contributed by atoms with Crippen molar-refractivity contribution in [1.82, 2.24) is 5.32 Å². The Hall–Kier alpha value is -1.63. The van der Waals surface area contributed by atoms with E-state index in [0.717, 1.165) is 44.9 Å².